The van der Waals surface area contributed by atoms with E-state index in [1.807, 2.05) is 42.6 Å². The minimum Gasteiger partial charge on any atom is -0.496 e. The number of hydrogen-bond acceptors (Lipinski definition) is 5. The van der Waals surface area contributed by atoms with Gasteiger partial charge in [-0.3, -0.25) is 10.1 Å². The van der Waals surface area contributed by atoms with Crippen LogP contribution in [0.15, 0.2) is 66.5 Å². The molecule has 6 nitrogen and oxygen atoms in total. The van der Waals surface area contributed by atoms with Crippen molar-refractivity contribution in [2.24, 2.45) is 0 Å². The largest absolute Gasteiger partial charge is 0.496 e. The van der Waals surface area contributed by atoms with Gasteiger partial charge in [0.05, 0.1) is 12.0 Å². The van der Waals surface area contributed by atoms with Crippen LogP contribution in [0.1, 0.15) is 5.56 Å². The number of hydrazine groups is 1. The van der Waals surface area contributed by atoms with Crippen LogP contribution in [0.3, 0.4) is 0 Å². The number of rotatable bonds is 5. The molecule has 1 aliphatic rings. The molecule has 3 rings (SSSR count). The Labute approximate surface area is 139 Å². The van der Waals surface area contributed by atoms with E-state index in [0.29, 0.717) is 12.2 Å². The topological polar surface area (TPSA) is 76.4 Å². The molecule has 0 atom stereocenters. The Morgan fingerprint density at radius 1 is 1.21 bits per heavy atom. The zero-order valence-electron chi connectivity index (χ0n) is 13.2. The molecule has 1 aliphatic heterocycles. The van der Waals surface area contributed by atoms with E-state index >= 15 is 0 Å². The predicted molar refractivity (Wildman–Crippen MR) is 92.3 cm³/mol. The molecule has 0 unspecified atom stereocenters. The molecule has 0 saturated carbocycles. The molecule has 1 heterocycles. The fourth-order valence-corrected chi connectivity index (χ4v) is 2.59. The summed E-state index contributed by atoms with van der Waals surface area (Å²) in [4.78, 5) is 10.6. The minimum absolute atomic E-state index is 0.0611. The molecular formula is C18H17N3O3. The molecule has 2 aromatic carbocycles. The van der Waals surface area contributed by atoms with Crippen LogP contribution in [0, 0.1) is 10.1 Å². The fourth-order valence-electron chi connectivity index (χ4n) is 2.59. The highest BCUT2D eigenvalue weighted by atomic mass is 16.6. The number of ether oxygens (including phenoxy) is 1. The second-order valence-corrected chi connectivity index (χ2v) is 5.34. The van der Waals surface area contributed by atoms with E-state index in [1.54, 1.807) is 19.2 Å². The maximum Gasteiger partial charge on any atom is 0.270 e. The van der Waals surface area contributed by atoms with Crippen molar-refractivity contribution in [3.8, 4) is 16.9 Å². The Morgan fingerprint density at radius 3 is 2.79 bits per heavy atom. The predicted octanol–water partition coefficient (Wildman–Crippen LogP) is 3.32. The molecule has 0 fully saturated rings. The van der Waals surface area contributed by atoms with E-state index in [2.05, 4.69) is 10.9 Å². The molecule has 0 aliphatic carbocycles. The fraction of sp³-hybridized carbons (Fsp3) is 0.111. The van der Waals surface area contributed by atoms with Gasteiger partial charge in [0.2, 0.25) is 0 Å². The summed E-state index contributed by atoms with van der Waals surface area (Å²) >= 11 is 0. The average molecular weight is 323 g/mol. The molecule has 122 valence electrons. The smallest absolute Gasteiger partial charge is 0.270 e. The van der Waals surface area contributed by atoms with Crippen LogP contribution in [0.25, 0.3) is 11.1 Å². The van der Waals surface area contributed by atoms with Crippen LogP contribution >= 0.6 is 0 Å². The Hall–Kier alpha value is -3.28. The highest BCUT2D eigenvalue weighted by molar-refractivity contribution is 5.73. The second-order valence-electron chi connectivity index (χ2n) is 5.34. The SMILES string of the molecule is COc1ccc(CC2=CC=CNN2)cc1-c1cccc([N+](=O)[O-])c1. The Morgan fingerprint density at radius 2 is 2.08 bits per heavy atom. The summed E-state index contributed by atoms with van der Waals surface area (Å²) in [5.41, 5.74) is 9.79. The van der Waals surface area contributed by atoms with Gasteiger partial charge < -0.3 is 15.6 Å². The van der Waals surface area contributed by atoms with Gasteiger partial charge in [-0.1, -0.05) is 18.2 Å². The third kappa shape index (κ3) is 3.38. The van der Waals surface area contributed by atoms with Crippen LogP contribution in [0.2, 0.25) is 0 Å². The summed E-state index contributed by atoms with van der Waals surface area (Å²) in [6.07, 6.45) is 6.44. The van der Waals surface area contributed by atoms with E-state index in [1.165, 1.54) is 6.07 Å². The average Bonchev–Trinajstić information content (AvgIpc) is 2.62. The first-order valence-corrected chi connectivity index (χ1v) is 7.46. The molecule has 2 aromatic rings. The summed E-state index contributed by atoms with van der Waals surface area (Å²) in [6, 6.07) is 12.4. The van der Waals surface area contributed by atoms with Gasteiger partial charge in [0.1, 0.15) is 5.75 Å². The molecule has 24 heavy (non-hydrogen) atoms. The Bertz CT molecular complexity index is 828. The van der Waals surface area contributed by atoms with Crippen LogP contribution in [0.5, 0.6) is 5.75 Å². The summed E-state index contributed by atoms with van der Waals surface area (Å²) in [6.45, 7) is 0. The number of nitro groups is 1. The number of non-ortho nitro benzene ring substituents is 1. The molecule has 6 heteroatoms. The first kappa shape index (κ1) is 15.6. The third-order valence-corrected chi connectivity index (χ3v) is 3.74. The molecule has 0 saturated heterocycles. The standard InChI is InChI=1S/C18H17N3O3/c1-24-18-8-7-13(10-15-5-3-9-19-20-15)11-17(18)14-4-2-6-16(12-14)21(22)23/h2-9,11-12,19-20H,10H2,1H3. The van der Waals surface area contributed by atoms with Crippen molar-refractivity contribution in [1.82, 2.24) is 10.9 Å². The minimum atomic E-state index is -0.394. The van der Waals surface area contributed by atoms with E-state index in [4.69, 9.17) is 4.74 Å². The molecule has 0 amide bonds. The molecule has 0 spiro atoms. The zero-order valence-corrected chi connectivity index (χ0v) is 13.2. The maximum absolute atomic E-state index is 11.0. The maximum atomic E-state index is 11.0. The first-order valence-electron chi connectivity index (χ1n) is 7.46. The number of benzene rings is 2. The van der Waals surface area contributed by atoms with Crippen molar-refractivity contribution in [3.63, 3.8) is 0 Å². The lowest BCUT2D eigenvalue weighted by molar-refractivity contribution is -0.384. The Balaban J connectivity index is 1.98. The summed E-state index contributed by atoms with van der Waals surface area (Å²) in [5, 5.41) is 11.0. The highest BCUT2D eigenvalue weighted by Gasteiger charge is 2.12. The number of methoxy groups -OCH3 is 1. The summed E-state index contributed by atoms with van der Waals surface area (Å²) in [5.74, 6) is 0.683. The Kier molecular flexibility index (Phi) is 4.47. The first-order chi connectivity index (χ1) is 11.7. The molecule has 2 N–H and O–H groups in total. The van der Waals surface area contributed by atoms with Crippen LogP contribution in [0.4, 0.5) is 5.69 Å². The van der Waals surface area contributed by atoms with Gasteiger partial charge >= 0.3 is 0 Å². The van der Waals surface area contributed by atoms with Crippen LogP contribution in [-0.4, -0.2) is 12.0 Å². The lowest BCUT2D eigenvalue weighted by Crippen LogP contribution is -2.28. The monoisotopic (exact) mass is 323 g/mol. The van der Waals surface area contributed by atoms with Crippen molar-refractivity contribution in [2.45, 2.75) is 6.42 Å². The molecule has 0 bridgehead atoms. The van der Waals surface area contributed by atoms with Gasteiger partial charge in [-0.2, -0.15) is 0 Å². The van der Waals surface area contributed by atoms with E-state index in [0.717, 1.165) is 22.4 Å². The number of nitrogens with one attached hydrogen (secondary N) is 2. The van der Waals surface area contributed by atoms with Crippen molar-refractivity contribution in [3.05, 3.63) is 82.2 Å². The van der Waals surface area contributed by atoms with Crippen molar-refractivity contribution < 1.29 is 9.66 Å². The van der Waals surface area contributed by atoms with Gasteiger partial charge in [0, 0.05) is 36.0 Å². The number of nitro benzene ring substituents is 1. The van der Waals surface area contributed by atoms with Crippen LogP contribution < -0.4 is 15.6 Å². The van der Waals surface area contributed by atoms with Gasteiger partial charge in [-0.15, -0.1) is 0 Å². The van der Waals surface area contributed by atoms with E-state index < -0.39 is 4.92 Å². The summed E-state index contributed by atoms with van der Waals surface area (Å²) < 4.78 is 5.42. The third-order valence-electron chi connectivity index (χ3n) is 3.74. The highest BCUT2D eigenvalue weighted by Crippen LogP contribution is 2.33. The van der Waals surface area contributed by atoms with Crippen LogP contribution in [-0.2, 0) is 6.42 Å². The zero-order chi connectivity index (χ0) is 16.9. The summed E-state index contributed by atoms with van der Waals surface area (Å²) in [7, 11) is 1.59. The van der Waals surface area contributed by atoms with Crippen molar-refractivity contribution in [2.75, 3.05) is 7.11 Å². The van der Waals surface area contributed by atoms with E-state index in [9.17, 15) is 10.1 Å². The van der Waals surface area contributed by atoms with Crippen molar-refractivity contribution in [1.29, 1.82) is 0 Å². The van der Waals surface area contributed by atoms with E-state index in [-0.39, 0.29) is 5.69 Å². The molecule has 0 aromatic heterocycles. The quantitative estimate of drug-likeness (QED) is 0.652. The number of nitrogens with zero attached hydrogens (tertiary/aromatic N) is 1. The second kappa shape index (κ2) is 6.87. The normalized spacial score (nSPS) is 12.8. The van der Waals surface area contributed by atoms with Gasteiger partial charge in [-0.05, 0) is 35.4 Å². The van der Waals surface area contributed by atoms with Crippen molar-refractivity contribution >= 4 is 5.69 Å². The molecule has 0 radical (unpaired) electrons. The molecular weight excluding hydrogens is 306 g/mol. The lowest BCUT2D eigenvalue weighted by atomic mass is 9.99. The van der Waals surface area contributed by atoms with Gasteiger partial charge in [-0.25, -0.2) is 0 Å². The number of allylic oxidation sites excluding steroid dienone is 3. The van der Waals surface area contributed by atoms with Gasteiger partial charge in [0.15, 0.2) is 0 Å². The number of hydrogen-bond donors (Lipinski definition) is 2. The van der Waals surface area contributed by atoms with Gasteiger partial charge in [0.25, 0.3) is 5.69 Å². The lowest BCUT2D eigenvalue weighted by Gasteiger charge is -2.15.